The molecule has 0 bridgehead atoms. The van der Waals surface area contributed by atoms with Crippen LogP contribution in [0.1, 0.15) is 11.3 Å². The van der Waals surface area contributed by atoms with Gasteiger partial charge in [-0.05, 0) is 17.7 Å². The smallest absolute Gasteiger partial charge is 0.181 e. The number of hydrogen-bond acceptors (Lipinski definition) is 3. The molecule has 102 valence electrons. The summed E-state index contributed by atoms with van der Waals surface area (Å²) in [7, 11) is 0. The molecule has 4 heteroatoms. The molecular weight excluding hydrogens is 262 g/mol. The van der Waals surface area contributed by atoms with Crippen molar-refractivity contribution in [1.29, 1.82) is 0 Å². The second-order valence-electron chi connectivity index (χ2n) is 4.86. The predicted octanol–water partition coefficient (Wildman–Crippen LogP) is 3.58. The summed E-state index contributed by atoms with van der Waals surface area (Å²) < 4.78 is 7.63. The molecule has 0 spiro atoms. The summed E-state index contributed by atoms with van der Waals surface area (Å²) in [5, 5.41) is 0. The van der Waals surface area contributed by atoms with Crippen molar-refractivity contribution in [2.45, 2.75) is 6.42 Å². The van der Waals surface area contributed by atoms with Crippen LogP contribution in [0.3, 0.4) is 0 Å². The van der Waals surface area contributed by atoms with Crippen LogP contribution in [0.25, 0.3) is 17.1 Å². The van der Waals surface area contributed by atoms with Crippen molar-refractivity contribution in [2.24, 2.45) is 0 Å². The van der Waals surface area contributed by atoms with Gasteiger partial charge in [0.05, 0.1) is 11.9 Å². The Morgan fingerprint density at radius 1 is 0.952 bits per heavy atom. The lowest BCUT2D eigenvalue weighted by Crippen LogP contribution is -1.93. The number of oxazole rings is 1. The van der Waals surface area contributed by atoms with E-state index < -0.39 is 0 Å². The molecule has 0 aliphatic heterocycles. The van der Waals surface area contributed by atoms with Crippen LogP contribution >= 0.6 is 0 Å². The summed E-state index contributed by atoms with van der Waals surface area (Å²) in [6.45, 7) is 0. The molecule has 3 heterocycles. The predicted molar refractivity (Wildman–Crippen MR) is 79.9 cm³/mol. The largest absolute Gasteiger partial charge is 0.442 e. The number of imidazole rings is 1. The number of rotatable bonds is 3. The molecule has 0 atom stereocenters. The molecule has 1 aromatic carbocycles. The fourth-order valence-electron chi connectivity index (χ4n) is 2.49. The molecule has 0 fully saturated rings. The third-order valence-corrected chi connectivity index (χ3v) is 3.51. The van der Waals surface area contributed by atoms with E-state index in [9.17, 15) is 0 Å². The summed E-state index contributed by atoms with van der Waals surface area (Å²) >= 11 is 0. The lowest BCUT2D eigenvalue weighted by molar-refractivity contribution is 0.568. The van der Waals surface area contributed by atoms with Gasteiger partial charge in [-0.15, -0.1) is 0 Å². The molecular formula is C17H13N3O. The van der Waals surface area contributed by atoms with Crippen LogP contribution in [0.15, 0.2) is 71.7 Å². The zero-order valence-corrected chi connectivity index (χ0v) is 11.3. The molecule has 4 aromatic rings. The Labute approximate surface area is 121 Å². The topological polar surface area (TPSA) is 43.3 Å². The summed E-state index contributed by atoms with van der Waals surface area (Å²) in [6, 6.07) is 16.2. The molecule has 0 saturated heterocycles. The average Bonchev–Trinajstić information content (AvgIpc) is 3.14. The lowest BCUT2D eigenvalue weighted by Gasteiger charge is -2.02. The quantitative estimate of drug-likeness (QED) is 0.574. The maximum absolute atomic E-state index is 5.62. The van der Waals surface area contributed by atoms with Gasteiger partial charge in [0.15, 0.2) is 12.2 Å². The Morgan fingerprint density at radius 3 is 2.71 bits per heavy atom. The van der Waals surface area contributed by atoms with Crippen molar-refractivity contribution >= 4 is 5.65 Å². The Bertz CT molecular complexity index is 877. The molecule has 0 saturated carbocycles. The Morgan fingerprint density at radius 2 is 1.81 bits per heavy atom. The summed E-state index contributed by atoms with van der Waals surface area (Å²) in [4.78, 5) is 8.76. The molecule has 21 heavy (non-hydrogen) atoms. The molecule has 4 nitrogen and oxygen atoms in total. The minimum atomic E-state index is 0.743. The van der Waals surface area contributed by atoms with Crippen molar-refractivity contribution in [3.05, 3.63) is 78.6 Å². The van der Waals surface area contributed by atoms with Gasteiger partial charge in [-0.3, -0.25) is 4.40 Å². The van der Waals surface area contributed by atoms with Crippen molar-refractivity contribution in [2.75, 3.05) is 0 Å². The minimum Gasteiger partial charge on any atom is -0.442 e. The van der Waals surface area contributed by atoms with E-state index in [1.54, 1.807) is 0 Å². The van der Waals surface area contributed by atoms with Crippen molar-refractivity contribution in [1.82, 2.24) is 14.4 Å². The fourth-order valence-corrected chi connectivity index (χ4v) is 2.49. The first-order valence-corrected chi connectivity index (χ1v) is 6.80. The standard InChI is InChI=1S/C17H13N3O/c1-2-6-13(7-3-1)10-14-17(21-12-19-14)15-11-18-16-8-4-5-9-20(15)16/h1-9,11-12H,10H2. The van der Waals surface area contributed by atoms with E-state index in [1.165, 1.54) is 12.0 Å². The van der Waals surface area contributed by atoms with Gasteiger partial charge in [0.25, 0.3) is 0 Å². The molecule has 0 aliphatic rings. The van der Waals surface area contributed by atoms with Gasteiger partial charge in [0.2, 0.25) is 0 Å². The van der Waals surface area contributed by atoms with Crippen LogP contribution < -0.4 is 0 Å². The summed E-state index contributed by atoms with van der Waals surface area (Å²) in [5.74, 6) is 0.776. The average molecular weight is 275 g/mol. The van der Waals surface area contributed by atoms with E-state index in [0.29, 0.717) is 0 Å². The van der Waals surface area contributed by atoms with Crippen LogP contribution in [0, 0.1) is 0 Å². The molecule has 0 N–H and O–H groups in total. The third-order valence-electron chi connectivity index (χ3n) is 3.51. The van der Waals surface area contributed by atoms with Crippen LogP contribution in [0.5, 0.6) is 0 Å². The van der Waals surface area contributed by atoms with E-state index in [1.807, 2.05) is 53.2 Å². The number of pyridine rings is 1. The molecule has 0 unspecified atom stereocenters. The van der Waals surface area contributed by atoms with Crippen molar-refractivity contribution in [3.63, 3.8) is 0 Å². The first-order valence-electron chi connectivity index (χ1n) is 6.80. The Hall–Kier alpha value is -2.88. The fraction of sp³-hybridized carbons (Fsp3) is 0.0588. The van der Waals surface area contributed by atoms with Gasteiger partial charge >= 0.3 is 0 Å². The Kier molecular flexibility index (Phi) is 2.78. The number of benzene rings is 1. The zero-order valence-electron chi connectivity index (χ0n) is 11.3. The van der Waals surface area contributed by atoms with E-state index in [0.717, 1.165) is 29.2 Å². The SMILES string of the molecule is c1ccc(Cc2ncoc2-c2cnc3ccccn23)cc1. The Balaban J connectivity index is 1.78. The van der Waals surface area contributed by atoms with Crippen LogP contribution in [-0.2, 0) is 6.42 Å². The number of hydrogen-bond donors (Lipinski definition) is 0. The van der Waals surface area contributed by atoms with E-state index >= 15 is 0 Å². The summed E-state index contributed by atoms with van der Waals surface area (Å²) in [5.41, 5.74) is 3.96. The van der Waals surface area contributed by atoms with Crippen LogP contribution in [0.2, 0.25) is 0 Å². The number of aromatic nitrogens is 3. The lowest BCUT2D eigenvalue weighted by atomic mass is 10.1. The highest BCUT2D eigenvalue weighted by Gasteiger charge is 2.15. The third kappa shape index (κ3) is 2.10. The monoisotopic (exact) mass is 275 g/mol. The second kappa shape index (κ2) is 4.90. The normalized spacial score (nSPS) is 11.0. The first-order chi connectivity index (χ1) is 10.4. The highest BCUT2D eigenvalue weighted by atomic mass is 16.3. The van der Waals surface area contributed by atoms with Gasteiger partial charge in [-0.1, -0.05) is 36.4 Å². The van der Waals surface area contributed by atoms with Crippen LogP contribution in [-0.4, -0.2) is 14.4 Å². The van der Waals surface area contributed by atoms with E-state index in [2.05, 4.69) is 22.1 Å². The maximum Gasteiger partial charge on any atom is 0.181 e. The molecule has 0 aliphatic carbocycles. The van der Waals surface area contributed by atoms with Gasteiger partial charge in [-0.2, -0.15) is 0 Å². The highest BCUT2D eigenvalue weighted by molar-refractivity contribution is 5.61. The minimum absolute atomic E-state index is 0.743. The van der Waals surface area contributed by atoms with E-state index in [4.69, 9.17) is 4.42 Å². The first kappa shape index (κ1) is 11.9. The second-order valence-corrected chi connectivity index (χ2v) is 4.86. The van der Waals surface area contributed by atoms with Crippen molar-refractivity contribution in [3.8, 4) is 11.5 Å². The van der Waals surface area contributed by atoms with E-state index in [-0.39, 0.29) is 0 Å². The maximum atomic E-state index is 5.62. The summed E-state index contributed by atoms with van der Waals surface area (Å²) in [6.07, 6.45) is 6.04. The number of nitrogens with zero attached hydrogens (tertiary/aromatic N) is 3. The molecule has 0 amide bonds. The van der Waals surface area contributed by atoms with Crippen LogP contribution in [0.4, 0.5) is 0 Å². The zero-order chi connectivity index (χ0) is 14.1. The molecule has 0 radical (unpaired) electrons. The van der Waals surface area contributed by atoms with Crippen molar-refractivity contribution < 1.29 is 4.42 Å². The van der Waals surface area contributed by atoms with Gasteiger partial charge in [0.1, 0.15) is 11.3 Å². The van der Waals surface area contributed by atoms with Gasteiger partial charge < -0.3 is 4.42 Å². The van der Waals surface area contributed by atoms with Gasteiger partial charge in [-0.25, -0.2) is 9.97 Å². The highest BCUT2D eigenvalue weighted by Crippen LogP contribution is 2.25. The van der Waals surface area contributed by atoms with Gasteiger partial charge in [0, 0.05) is 12.6 Å². The molecule has 3 aromatic heterocycles. The molecule has 4 rings (SSSR count). The number of fused-ring (bicyclic) bond motifs is 1.